The molecule has 3 rings (SSSR count). The van der Waals surface area contributed by atoms with Crippen molar-refractivity contribution in [2.45, 2.75) is 24.4 Å². The number of nitrogens with one attached hydrogen (secondary N) is 1. The van der Waals surface area contributed by atoms with Crippen molar-refractivity contribution in [3.05, 3.63) is 29.8 Å². The summed E-state index contributed by atoms with van der Waals surface area (Å²) in [5.41, 5.74) is -0.364. The highest BCUT2D eigenvalue weighted by molar-refractivity contribution is 7.91. The summed E-state index contributed by atoms with van der Waals surface area (Å²) in [6.45, 7) is 4.03. The lowest BCUT2D eigenvalue weighted by molar-refractivity contribution is -0.137. The van der Waals surface area contributed by atoms with E-state index < -0.39 is 21.8 Å². The fourth-order valence-corrected chi connectivity index (χ4v) is 5.25. The van der Waals surface area contributed by atoms with Crippen molar-refractivity contribution >= 4 is 38.1 Å². The Hall–Kier alpha value is -2.25. The average Bonchev–Trinajstić information content (AvgIpc) is 3.17. The van der Waals surface area contributed by atoms with Crippen molar-refractivity contribution in [3.63, 3.8) is 0 Å². The molecule has 164 valence electrons. The third kappa shape index (κ3) is 4.90. The molecule has 0 aliphatic carbocycles. The second-order valence-electron chi connectivity index (χ2n) is 6.96. The molecule has 2 heterocycles. The SMILES string of the molecule is CC(C)C(=O)Nc1nnc(S(=O)(=O)N2CCN(c3cccc(C(F)(F)F)c3)CC2)s1. The fraction of sp³-hybridized carbons (Fsp3) is 0.471. The highest BCUT2D eigenvalue weighted by Crippen LogP contribution is 2.32. The first-order chi connectivity index (χ1) is 14.0. The molecule has 0 spiro atoms. The van der Waals surface area contributed by atoms with Gasteiger partial charge in [0.1, 0.15) is 0 Å². The lowest BCUT2D eigenvalue weighted by Gasteiger charge is -2.35. The zero-order valence-corrected chi connectivity index (χ0v) is 17.8. The summed E-state index contributed by atoms with van der Waals surface area (Å²) < 4.78 is 65.3. The molecule has 1 aromatic heterocycles. The Labute approximate surface area is 175 Å². The van der Waals surface area contributed by atoms with E-state index in [0.717, 1.165) is 23.5 Å². The van der Waals surface area contributed by atoms with Gasteiger partial charge in [0.2, 0.25) is 15.4 Å². The number of piperazine rings is 1. The molecule has 1 N–H and O–H groups in total. The molecule has 1 aliphatic heterocycles. The number of hydrogen-bond acceptors (Lipinski definition) is 7. The van der Waals surface area contributed by atoms with Crippen LogP contribution in [0.2, 0.25) is 0 Å². The molecule has 13 heteroatoms. The molecule has 0 bridgehead atoms. The number of anilines is 2. The molecule has 1 fully saturated rings. The number of benzene rings is 1. The van der Waals surface area contributed by atoms with Gasteiger partial charge in [0.05, 0.1) is 5.56 Å². The standard InChI is InChI=1S/C17H20F3N5O3S2/c1-11(2)14(26)21-15-22-23-16(29-15)30(27,28)25-8-6-24(7-9-25)13-5-3-4-12(10-13)17(18,19)20/h3-5,10-11H,6-9H2,1-2H3,(H,21,22,26). The lowest BCUT2D eigenvalue weighted by Crippen LogP contribution is -2.48. The molecule has 1 aromatic carbocycles. The monoisotopic (exact) mass is 463 g/mol. The van der Waals surface area contributed by atoms with Gasteiger partial charge in [-0.15, -0.1) is 10.2 Å². The average molecular weight is 464 g/mol. The summed E-state index contributed by atoms with van der Waals surface area (Å²) in [5, 5.41) is 9.98. The maximum absolute atomic E-state index is 12.9. The Balaban J connectivity index is 1.67. The lowest BCUT2D eigenvalue weighted by atomic mass is 10.1. The van der Waals surface area contributed by atoms with Crippen LogP contribution in [0.15, 0.2) is 28.6 Å². The van der Waals surface area contributed by atoms with Crippen molar-refractivity contribution in [2.24, 2.45) is 5.92 Å². The van der Waals surface area contributed by atoms with Crippen molar-refractivity contribution in [3.8, 4) is 0 Å². The summed E-state index contributed by atoms with van der Waals surface area (Å²) in [6, 6.07) is 4.94. The summed E-state index contributed by atoms with van der Waals surface area (Å²) >= 11 is 0.759. The van der Waals surface area contributed by atoms with Crippen LogP contribution in [-0.4, -0.2) is 55.0 Å². The van der Waals surface area contributed by atoms with Crippen LogP contribution in [0.25, 0.3) is 0 Å². The van der Waals surface area contributed by atoms with Crippen LogP contribution in [0.4, 0.5) is 24.0 Å². The van der Waals surface area contributed by atoms with E-state index in [4.69, 9.17) is 0 Å². The molecule has 1 aliphatic rings. The summed E-state index contributed by atoms with van der Waals surface area (Å²) in [6.07, 6.45) is -4.44. The van der Waals surface area contributed by atoms with Crippen molar-refractivity contribution in [1.29, 1.82) is 0 Å². The van der Waals surface area contributed by atoms with Crippen LogP contribution in [0.3, 0.4) is 0 Å². The van der Waals surface area contributed by atoms with Crippen LogP contribution in [0.5, 0.6) is 0 Å². The van der Waals surface area contributed by atoms with Gasteiger partial charge in [-0.2, -0.15) is 17.5 Å². The Bertz CT molecular complexity index is 1020. The van der Waals surface area contributed by atoms with Crippen LogP contribution in [0.1, 0.15) is 19.4 Å². The smallest absolute Gasteiger partial charge is 0.369 e. The molecule has 2 aromatic rings. The van der Waals surface area contributed by atoms with Gasteiger partial charge in [0.25, 0.3) is 10.0 Å². The third-order valence-corrected chi connectivity index (χ3v) is 7.58. The van der Waals surface area contributed by atoms with Gasteiger partial charge in [-0.25, -0.2) is 8.42 Å². The Morgan fingerprint density at radius 3 is 2.43 bits per heavy atom. The number of hydrogen-bond donors (Lipinski definition) is 1. The van der Waals surface area contributed by atoms with Crippen molar-refractivity contribution in [2.75, 3.05) is 36.4 Å². The van der Waals surface area contributed by atoms with E-state index in [2.05, 4.69) is 15.5 Å². The maximum atomic E-state index is 12.9. The molecular formula is C17H20F3N5O3S2. The minimum atomic E-state index is -4.44. The predicted octanol–water partition coefficient (Wildman–Crippen LogP) is 2.66. The number of amides is 1. The van der Waals surface area contributed by atoms with Crippen LogP contribution >= 0.6 is 11.3 Å². The number of alkyl halides is 3. The predicted molar refractivity (Wildman–Crippen MR) is 106 cm³/mol. The number of carbonyl (C=O) groups excluding carboxylic acids is 1. The first-order valence-corrected chi connectivity index (χ1v) is 11.3. The molecule has 1 saturated heterocycles. The van der Waals surface area contributed by atoms with Crippen molar-refractivity contribution in [1.82, 2.24) is 14.5 Å². The number of nitrogens with zero attached hydrogens (tertiary/aromatic N) is 4. The second kappa shape index (κ2) is 8.47. The highest BCUT2D eigenvalue weighted by Gasteiger charge is 2.33. The number of aromatic nitrogens is 2. The van der Waals surface area contributed by atoms with Gasteiger partial charge in [0, 0.05) is 37.8 Å². The summed E-state index contributed by atoms with van der Waals surface area (Å²) in [7, 11) is -3.91. The molecular weight excluding hydrogens is 443 g/mol. The van der Waals surface area contributed by atoms with E-state index in [-0.39, 0.29) is 47.5 Å². The third-order valence-electron chi connectivity index (χ3n) is 4.50. The molecule has 30 heavy (non-hydrogen) atoms. The first-order valence-electron chi connectivity index (χ1n) is 9.05. The van der Waals surface area contributed by atoms with E-state index >= 15 is 0 Å². The van der Waals surface area contributed by atoms with E-state index in [0.29, 0.717) is 5.69 Å². The number of rotatable bonds is 5. The molecule has 0 atom stereocenters. The van der Waals surface area contributed by atoms with Gasteiger partial charge in [-0.1, -0.05) is 31.3 Å². The van der Waals surface area contributed by atoms with E-state index in [9.17, 15) is 26.4 Å². The van der Waals surface area contributed by atoms with Crippen LogP contribution < -0.4 is 10.2 Å². The Morgan fingerprint density at radius 2 is 1.83 bits per heavy atom. The number of sulfonamides is 1. The van der Waals surface area contributed by atoms with E-state index in [1.165, 1.54) is 10.4 Å². The second-order valence-corrected chi connectivity index (χ2v) is 10.0. The molecule has 0 radical (unpaired) electrons. The summed E-state index contributed by atoms with van der Waals surface area (Å²) in [4.78, 5) is 13.4. The largest absolute Gasteiger partial charge is 0.416 e. The van der Waals surface area contributed by atoms with Gasteiger partial charge >= 0.3 is 6.18 Å². The Morgan fingerprint density at radius 1 is 1.17 bits per heavy atom. The maximum Gasteiger partial charge on any atom is 0.416 e. The quantitative estimate of drug-likeness (QED) is 0.685. The van der Waals surface area contributed by atoms with Crippen molar-refractivity contribution < 1.29 is 26.4 Å². The van der Waals surface area contributed by atoms with Gasteiger partial charge in [-0.05, 0) is 18.2 Å². The minimum Gasteiger partial charge on any atom is -0.369 e. The summed E-state index contributed by atoms with van der Waals surface area (Å²) in [5.74, 6) is -0.595. The number of halogens is 3. The van der Waals surface area contributed by atoms with Crippen LogP contribution in [0, 0.1) is 5.92 Å². The van der Waals surface area contributed by atoms with Gasteiger partial charge in [0.15, 0.2) is 0 Å². The highest BCUT2D eigenvalue weighted by atomic mass is 32.2. The molecule has 0 unspecified atom stereocenters. The van der Waals surface area contributed by atoms with E-state index in [1.54, 1.807) is 24.8 Å². The molecule has 0 saturated carbocycles. The van der Waals surface area contributed by atoms with E-state index in [1.807, 2.05) is 0 Å². The first kappa shape index (κ1) is 22.4. The normalized spacial score (nSPS) is 16.1. The van der Waals surface area contributed by atoms with Gasteiger partial charge < -0.3 is 10.2 Å². The van der Waals surface area contributed by atoms with Gasteiger partial charge in [-0.3, -0.25) is 4.79 Å². The topological polar surface area (TPSA) is 95.5 Å². The minimum absolute atomic E-state index is 0.0891. The zero-order valence-electron chi connectivity index (χ0n) is 16.2. The fourth-order valence-electron chi connectivity index (χ4n) is 2.79. The van der Waals surface area contributed by atoms with Crippen LogP contribution in [-0.2, 0) is 21.0 Å². The molecule has 8 nitrogen and oxygen atoms in total. The zero-order chi connectivity index (χ0) is 22.1. The Kier molecular flexibility index (Phi) is 6.34. The number of carbonyl (C=O) groups is 1. The molecule has 1 amide bonds.